The fourth-order valence-electron chi connectivity index (χ4n) is 5.32. The number of carbonyl (C=O) groups excluding carboxylic acids is 1. The Morgan fingerprint density at radius 3 is 2.29 bits per heavy atom. The molecule has 0 saturated heterocycles. The molecular weight excluding hydrogens is 384 g/mol. The Morgan fingerprint density at radius 1 is 0.903 bits per heavy atom. The monoisotopic (exact) mass is 410 g/mol. The smallest absolute Gasteiger partial charge is 0.278 e. The van der Waals surface area contributed by atoms with Crippen molar-refractivity contribution < 1.29 is 9.53 Å². The van der Waals surface area contributed by atoms with Crippen molar-refractivity contribution in [1.82, 2.24) is 0 Å². The van der Waals surface area contributed by atoms with Crippen molar-refractivity contribution in [1.29, 1.82) is 0 Å². The molecule has 0 aliphatic carbocycles. The molecule has 0 radical (unpaired) electrons. The molecule has 31 heavy (non-hydrogen) atoms. The normalized spacial score (nSPS) is 22.5. The molecule has 0 aromatic heterocycles. The molecule has 3 aromatic carbocycles. The molecule has 0 spiro atoms. The largest absolute Gasteiger partial charge is 0.497 e. The molecule has 0 fully saturated rings. The summed E-state index contributed by atoms with van der Waals surface area (Å²) in [7, 11) is 1.64. The van der Waals surface area contributed by atoms with E-state index in [1.54, 1.807) is 7.11 Å². The van der Waals surface area contributed by atoms with Crippen LogP contribution in [0.25, 0.3) is 0 Å². The van der Waals surface area contributed by atoms with Gasteiger partial charge < -0.3 is 9.64 Å². The molecule has 0 bridgehead atoms. The number of anilines is 1. The molecule has 5 rings (SSSR count). The van der Waals surface area contributed by atoms with Crippen LogP contribution in [-0.4, -0.2) is 24.3 Å². The first-order chi connectivity index (χ1) is 14.8. The van der Waals surface area contributed by atoms with Crippen LogP contribution < -0.4 is 9.64 Å². The van der Waals surface area contributed by atoms with Gasteiger partial charge in [0, 0.05) is 16.5 Å². The highest BCUT2D eigenvalue weighted by molar-refractivity contribution is 6.55. The predicted octanol–water partition coefficient (Wildman–Crippen LogP) is 5.65. The molecule has 1 amide bonds. The Labute approximate surface area is 183 Å². The maximum absolute atomic E-state index is 13.6. The highest BCUT2D eigenvalue weighted by atomic mass is 16.5. The average molecular weight is 411 g/mol. The second kappa shape index (κ2) is 6.81. The fourth-order valence-corrected chi connectivity index (χ4v) is 5.32. The standard InChI is InChI=1S/C27H26N2O2/c1-26(2)17-27(3,18-9-6-5-7-10-18)22-12-8-11-21-23(25(30)29(26)24(21)22)28-19-13-15-20(31-4)16-14-19/h5-16H,17H2,1-4H3/t27-/m0/s1. The second-order valence-electron chi connectivity index (χ2n) is 9.19. The molecule has 0 saturated carbocycles. The van der Waals surface area contributed by atoms with Crippen molar-refractivity contribution in [2.75, 3.05) is 12.0 Å². The van der Waals surface area contributed by atoms with Crippen LogP contribution in [0.3, 0.4) is 0 Å². The Balaban J connectivity index is 1.71. The van der Waals surface area contributed by atoms with Gasteiger partial charge in [-0.2, -0.15) is 0 Å². The minimum absolute atomic E-state index is 0.0293. The van der Waals surface area contributed by atoms with Crippen molar-refractivity contribution in [3.63, 3.8) is 0 Å². The molecule has 2 aliphatic heterocycles. The Hall–Kier alpha value is -3.40. The summed E-state index contributed by atoms with van der Waals surface area (Å²) in [6.45, 7) is 6.60. The zero-order valence-corrected chi connectivity index (χ0v) is 18.3. The quantitative estimate of drug-likeness (QED) is 0.560. The molecule has 0 N–H and O–H groups in total. The van der Waals surface area contributed by atoms with Crippen LogP contribution in [0, 0.1) is 0 Å². The van der Waals surface area contributed by atoms with Gasteiger partial charge in [-0.15, -0.1) is 0 Å². The van der Waals surface area contributed by atoms with Crippen molar-refractivity contribution in [2.24, 2.45) is 4.99 Å². The maximum atomic E-state index is 13.6. The number of methoxy groups -OCH3 is 1. The van der Waals surface area contributed by atoms with Gasteiger partial charge in [0.2, 0.25) is 0 Å². The lowest BCUT2D eigenvalue weighted by Gasteiger charge is -2.49. The number of amides is 1. The number of nitrogens with zero attached hydrogens (tertiary/aromatic N) is 2. The van der Waals surface area contributed by atoms with Crippen LogP contribution in [0.4, 0.5) is 11.4 Å². The van der Waals surface area contributed by atoms with Gasteiger partial charge in [0.1, 0.15) is 11.5 Å². The van der Waals surface area contributed by atoms with Crippen molar-refractivity contribution in [3.8, 4) is 5.75 Å². The Kier molecular flexibility index (Phi) is 4.30. The Morgan fingerprint density at radius 2 is 1.61 bits per heavy atom. The molecule has 2 aliphatic rings. The summed E-state index contributed by atoms with van der Waals surface area (Å²) in [5, 5.41) is 0. The lowest BCUT2D eigenvalue weighted by Crippen LogP contribution is -2.54. The van der Waals surface area contributed by atoms with E-state index in [0.717, 1.165) is 29.1 Å². The van der Waals surface area contributed by atoms with E-state index in [0.29, 0.717) is 5.71 Å². The van der Waals surface area contributed by atoms with Gasteiger partial charge in [-0.1, -0.05) is 55.5 Å². The first-order valence-electron chi connectivity index (χ1n) is 10.6. The summed E-state index contributed by atoms with van der Waals surface area (Å²) in [4.78, 5) is 20.4. The summed E-state index contributed by atoms with van der Waals surface area (Å²) in [5.74, 6) is 0.738. The van der Waals surface area contributed by atoms with Crippen molar-refractivity contribution in [2.45, 2.75) is 38.1 Å². The van der Waals surface area contributed by atoms with E-state index >= 15 is 0 Å². The predicted molar refractivity (Wildman–Crippen MR) is 125 cm³/mol. The van der Waals surface area contributed by atoms with Crippen LogP contribution in [0.5, 0.6) is 5.75 Å². The molecule has 0 unspecified atom stereocenters. The molecule has 2 heterocycles. The highest BCUT2D eigenvalue weighted by Gasteiger charge is 2.52. The fraction of sp³-hybridized carbons (Fsp3) is 0.259. The molecule has 3 aromatic rings. The third-order valence-corrected chi connectivity index (χ3v) is 6.63. The highest BCUT2D eigenvalue weighted by Crippen LogP contribution is 2.53. The van der Waals surface area contributed by atoms with E-state index in [1.807, 2.05) is 47.4 Å². The van der Waals surface area contributed by atoms with Crippen LogP contribution in [-0.2, 0) is 10.2 Å². The van der Waals surface area contributed by atoms with Gasteiger partial charge in [-0.05, 0) is 55.7 Å². The van der Waals surface area contributed by atoms with Gasteiger partial charge in [-0.3, -0.25) is 4.79 Å². The van der Waals surface area contributed by atoms with Gasteiger partial charge in [-0.25, -0.2) is 4.99 Å². The number of carbonyl (C=O) groups is 1. The average Bonchev–Trinajstić information content (AvgIpc) is 3.06. The number of benzene rings is 3. The molecular formula is C27H26N2O2. The van der Waals surface area contributed by atoms with Gasteiger partial charge in [0.25, 0.3) is 5.91 Å². The molecule has 156 valence electrons. The summed E-state index contributed by atoms with van der Waals surface area (Å²) in [5.41, 5.74) is 5.07. The second-order valence-corrected chi connectivity index (χ2v) is 9.19. The lowest BCUT2D eigenvalue weighted by molar-refractivity contribution is -0.113. The van der Waals surface area contributed by atoms with Gasteiger partial charge >= 0.3 is 0 Å². The Bertz CT molecular complexity index is 1200. The summed E-state index contributed by atoms with van der Waals surface area (Å²) in [6.07, 6.45) is 0.835. The van der Waals surface area contributed by atoms with E-state index in [2.05, 4.69) is 51.1 Å². The SMILES string of the molecule is COc1ccc(N=C2C(=O)N3c4c2cccc4[C@](C)(c2ccccc2)CC3(C)C)cc1. The van der Waals surface area contributed by atoms with E-state index in [1.165, 1.54) is 11.1 Å². The number of rotatable bonds is 3. The number of para-hydroxylation sites is 1. The van der Waals surface area contributed by atoms with Gasteiger partial charge in [0.05, 0.1) is 18.5 Å². The molecule has 4 heteroatoms. The molecule has 1 atom stereocenters. The third kappa shape index (κ3) is 2.89. The van der Waals surface area contributed by atoms with Crippen LogP contribution in [0.1, 0.15) is 43.9 Å². The number of aliphatic imine (C=N–C) groups is 1. The maximum Gasteiger partial charge on any atom is 0.278 e. The number of ether oxygens (including phenoxy) is 1. The topological polar surface area (TPSA) is 41.9 Å². The summed E-state index contributed by atoms with van der Waals surface area (Å²) >= 11 is 0. The van der Waals surface area contributed by atoms with E-state index in [-0.39, 0.29) is 16.9 Å². The van der Waals surface area contributed by atoms with Crippen LogP contribution >= 0.6 is 0 Å². The van der Waals surface area contributed by atoms with Crippen LogP contribution in [0.2, 0.25) is 0 Å². The minimum atomic E-state index is -0.345. The van der Waals surface area contributed by atoms with Crippen molar-refractivity contribution >= 4 is 23.0 Å². The third-order valence-electron chi connectivity index (χ3n) is 6.63. The molecule has 4 nitrogen and oxygen atoms in total. The zero-order chi connectivity index (χ0) is 21.8. The lowest BCUT2D eigenvalue weighted by atomic mass is 9.65. The van der Waals surface area contributed by atoms with Gasteiger partial charge in [0.15, 0.2) is 0 Å². The first-order valence-corrected chi connectivity index (χ1v) is 10.6. The van der Waals surface area contributed by atoms with E-state index in [4.69, 9.17) is 9.73 Å². The van der Waals surface area contributed by atoms with E-state index in [9.17, 15) is 4.79 Å². The number of hydrogen-bond donors (Lipinski definition) is 0. The number of hydrogen-bond acceptors (Lipinski definition) is 3. The first kappa shape index (κ1) is 19.6. The zero-order valence-electron chi connectivity index (χ0n) is 18.3. The van der Waals surface area contributed by atoms with Crippen molar-refractivity contribution in [3.05, 3.63) is 89.5 Å². The minimum Gasteiger partial charge on any atom is -0.497 e. The summed E-state index contributed by atoms with van der Waals surface area (Å²) in [6, 6.07) is 24.3. The van der Waals surface area contributed by atoms with Crippen LogP contribution in [0.15, 0.2) is 77.8 Å². The van der Waals surface area contributed by atoms with E-state index < -0.39 is 0 Å². The summed E-state index contributed by atoms with van der Waals surface area (Å²) < 4.78 is 5.24.